The molecule has 1 atom stereocenters. The van der Waals surface area contributed by atoms with Gasteiger partial charge in [0.15, 0.2) is 0 Å². The number of likely N-dealkylation sites (N-methyl/N-ethyl adjacent to an activating group) is 1. The van der Waals surface area contributed by atoms with Crippen LogP contribution in [0.25, 0.3) is 0 Å². The molecule has 3 N–H and O–H groups in total. The number of nitrogens with one attached hydrogen (secondary N) is 1. The van der Waals surface area contributed by atoms with E-state index >= 15 is 0 Å². The Labute approximate surface area is 63.2 Å². The number of nitrogens with two attached hydrogens (primary N) is 1. The third-order valence-electron chi connectivity index (χ3n) is 2.85. The van der Waals surface area contributed by atoms with Crippen LogP contribution in [0.3, 0.4) is 0 Å². The molecular formula is C8H18N2. The number of rotatable bonds is 4. The second-order valence-corrected chi connectivity index (χ2v) is 3.24. The number of hydrogen-bond acceptors (Lipinski definition) is 2. The van der Waals surface area contributed by atoms with Crippen molar-refractivity contribution in [1.29, 1.82) is 0 Å². The van der Waals surface area contributed by atoms with Gasteiger partial charge in [-0.15, -0.1) is 0 Å². The van der Waals surface area contributed by atoms with Crippen LogP contribution in [0.15, 0.2) is 0 Å². The van der Waals surface area contributed by atoms with Crippen molar-refractivity contribution < 1.29 is 0 Å². The second kappa shape index (κ2) is 2.89. The minimum Gasteiger partial charge on any atom is -0.329 e. The zero-order chi connectivity index (χ0) is 7.61. The minimum absolute atomic E-state index is 0.264. The van der Waals surface area contributed by atoms with Crippen molar-refractivity contribution in [3.8, 4) is 0 Å². The maximum atomic E-state index is 5.71. The summed E-state index contributed by atoms with van der Waals surface area (Å²) in [5.41, 5.74) is 5.97. The average molecular weight is 142 g/mol. The second-order valence-electron chi connectivity index (χ2n) is 3.24. The van der Waals surface area contributed by atoms with Gasteiger partial charge in [0.05, 0.1) is 0 Å². The van der Waals surface area contributed by atoms with Crippen molar-refractivity contribution in [1.82, 2.24) is 5.32 Å². The van der Waals surface area contributed by atoms with Crippen molar-refractivity contribution in [2.75, 3.05) is 13.6 Å². The van der Waals surface area contributed by atoms with Crippen molar-refractivity contribution >= 4 is 0 Å². The predicted octanol–water partition coefficient (Wildman–Crippen LogP) is 0.723. The fraction of sp³-hybridized carbons (Fsp3) is 1.00. The van der Waals surface area contributed by atoms with Crippen LogP contribution in [0.4, 0.5) is 0 Å². The lowest BCUT2D eigenvalue weighted by Gasteiger charge is -2.31. The first kappa shape index (κ1) is 8.02. The standard InChI is InChI=1S/C8H18N2/c1-3-8(6-9,10-2)7-4-5-7/h7,10H,3-6,9H2,1-2H3. The summed E-state index contributed by atoms with van der Waals surface area (Å²) in [6, 6.07) is 0. The summed E-state index contributed by atoms with van der Waals surface area (Å²) in [5.74, 6) is 0.854. The molecule has 1 aliphatic carbocycles. The molecule has 1 saturated carbocycles. The van der Waals surface area contributed by atoms with Crippen LogP contribution in [0, 0.1) is 5.92 Å². The molecule has 0 spiro atoms. The van der Waals surface area contributed by atoms with Gasteiger partial charge >= 0.3 is 0 Å². The minimum atomic E-state index is 0.264. The van der Waals surface area contributed by atoms with Crippen LogP contribution >= 0.6 is 0 Å². The monoisotopic (exact) mass is 142 g/mol. The van der Waals surface area contributed by atoms with E-state index in [9.17, 15) is 0 Å². The van der Waals surface area contributed by atoms with Gasteiger partial charge in [0.2, 0.25) is 0 Å². The molecular weight excluding hydrogens is 124 g/mol. The maximum Gasteiger partial charge on any atom is 0.0327 e. The molecule has 10 heavy (non-hydrogen) atoms. The Morgan fingerprint density at radius 3 is 2.30 bits per heavy atom. The first-order valence-corrected chi connectivity index (χ1v) is 4.18. The molecule has 0 amide bonds. The Morgan fingerprint density at radius 1 is 1.60 bits per heavy atom. The maximum absolute atomic E-state index is 5.71. The highest BCUT2D eigenvalue weighted by Crippen LogP contribution is 2.40. The SMILES string of the molecule is CCC(CN)(NC)C1CC1. The molecule has 1 fully saturated rings. The Balaban J connectivity index is 2.52. The van der Waals surface area contributed by atoms with Crippen molar-refractivity contribution in [2.45, 2.75) is 31.7 Å². The van der Waals surface area contributed by atoms with Crippen LogP contribution in [0.2, 0.25) is 0 Å². The van der Waals surface area contributed by atoms with Gasteiger partial charge in [-0.05, 0) is 32.2 Å². The molecule has 0 saturated heterocycles. The average Bonchev–Trinajstić information content (AvgIpc) is 2.77. The third-order valence-corrected chi connectivity index (χ3v) is 2.85. The predicted molar refractivity (Wildman–Crippen MR) is 43.9 cm³/mol. The normalized spacial score (nSPS) is 24.3. The molecule has 0 heterocycles. The Hall–Kier alpha value is -0.0800. The zero-order valence-corrected chi connectivity index (χ0v) is 6.98. The molecule has 0 aromatic heterocycles. The van der Waals surface area contributed by atoms with Crippen LogP contribution in [0.1, 0.15) is 26.2 Å². The quantitative estimate of drug-likeness (QED) is 0.607. The summed E-state index contributed by atoms with van der Waals surface area (Å²) in [6.45, 7) is 2.99. The van der Waals surface area contributed by atoms with Crippen LogP contribution < -0.4 is 11.1 Å². The zero-order valence-electron chi connectivity index (χ0n) is 6.98. The first-order valence-electron chi connectivity index (χ1n) is 4.18. The fourth-order valence-corrected chi connectivity index (χ4v) is 1.72. The molecule has 2 heteroatoms. The van der Waals surface area contributed by atoms with Gasteiger partial charge in [0, 0.05) is 12.1 Å². The van der Waals surface area contributed by atoms with Crippen LogP contribution in [-0.2, 0) is 0 Å². The van der Waals surface area contributed by atoms with Crippen molar-refractivity contribution in [2.24, 2.45) is 11.7 Å². The molecule has 2 nitrogen and oxygen atoms in total. The van der Waals surface area contributed by atoms with Crippen molar-refractivity contribution in [3.63, 3.8) is 0 Å². The summed E-state index contributed by atoms with van der Waals surface area (Å²) >= 11 is 0. The van der Waals surface area contributed by atoms with Crippen LogP contribution in [-0.4, -0.2) is 19.1 Å². The Kier molecular flexibility index (Phi) is 2.32. The summed E-state index contributed by atoms with van der Waals surface area (Å²) in [4.78, 5) is 0. The molecule has 0 bridgehead atoms. The summed E-state index contributed by atoms with van der Waals surface area (Å²) < 4.78 is 0. The van der Waals surface area contributed by atoms with E-state index in [1.54, 1.807) is 0 Å². The third kappa shape index (κ3) is 1.18. The Morgan fingerprint density at radius 2 is 2.20 bits per heavy atom. The molecule has 1 unspecified atom stereocenters. The van der Waals surface area contributed by atoms with Gasteiger partial charge in [-0.2, -0.15) is 0 Å². The van der Waals surface area contributed by atoms with E-state index in [0.717, 1.165) is 18.9 Å². The van der Waals surface area contributed by atoms with Gasteiger partial charge in [-0.1, -0.05) is 6.92 Å². The molecule has 0 aromatic carbocycles. The molecule has 1 aliphatic rings. The summed E-state index contributed by atoms with van der Waals surface area (Å²) in [6.07, 6.45) is 3.89. The number of hydrogen-bond donors (Lipinski definition) is 2. The van der Waals surface area contributed by atoms with Gasteiger partial charge in [0.25, 0.3) is 0 Å². The molecule has 0 aromatic rings. The highest BCUT2D eigenvalue weighted by Gasteiger charge is 2.41. The smallest absolute Gasteiger partial charge is 0.0327 e. The molecule has 1 rings (SSSR count). The first-order chi connectivity index (χ1) is 4.79. The van der Waals surface area contributed by atoms with E-state index in [4.69, 9.17) is 5.73 Å². The molecule has 60 valence electrons. The highest BCUT2D eigenvalue weighted by molar-refractivity contribution is 5.00. The van der Waals surface area contributed by atoms with Gasteiger partial charge in [-0.3, -0.25) is 0 Å². The van der Waals surface area contributed by atoms with E-state index in [0.29, 0.717) is 0 Å². The van der Waals surface area contributed by atoms with Crippen LogP contribution in [0.5, 0.6) is 0 Å². The molecule has 0 radical (unpaired) electrons. The Bertz CT molecular complexity index is 95.6. The van der Waals surface area contributed by atoms with Gasteiger partial charge < -0.3 is 11.1 Å². The fourth-order valence-electron chi connectivity index (χ4n) is 1.72. The van der Waals surface area contributed by atoms with Crippen molar-refractivity contribution in [3.05, 3.63) is 0 Å². The lowest BCUT2D eigenvalue weighted by atomic mass is 9.90. The van der Waals surface area contributed by atoms with E-state index in [1.807, 2.05) is 7.05 Å². The van der Waals surface area contributed by atoms with Gasteiger partial charge in [0.1, 0.15) is 0 Å². The highest BCUT2D eigenvalue weighted by atomic mass is 15.0. The van der Waals surface area contributed by atoms with Gasteiger partial charge in [-0.25, -0.2) is 0 Å². The lowest BCUT2D eigenvalue weighted by molar-refractivity contribution is 0.301. The summed E-state index contributed by atoms with van der Waals surface area (Å²) in [7, 11) is 2.02. The van der Waals surface area contributed by atoms with E-state index in [2.05, 4.69) is 12.2 Å². The largest absolute Gasteiger partial charge is 0.329 e. The van der Waals surface area contributed by atoms with E-state index in [-0.39, 0.29) is 5.54 Å². The van der Waals surface area contributed by atoms with E-state index < -0.39 is 0 Å². The lowest BCUT2D eigenvalue weighted by Crippen LogP contribution is -2.50. The molecule has 0 aliphatic heterocycles. The van der Waals surface area contributed by atoms with E-state index in [1.165, 1.54) is 12.8 Å². The topological polar surface area (TPSA) is 38.0 Å². The summed E-state index contributed by atoms with van der Waals surface area (Å²) in [5, 5.41) is 3.35.